The molecule has 0 amide bonds. The number of benzene rings is 2. The fraction of sp³-hybridized carbons (Fsp3) is 0.263. The van der Waals surface area contributed by atoms with Crippen LogP contribution in [0.1, 0.15) is 29.7 Å². The van der Waals surface area contributed by atoms with E-state index in [9.17, 15) is 0 Å². The molecule has 0 saturated carbocycles. The van der Waals surface area contributed by atoms with E-state index in [0.29, 0.717) is 6.04 Å². The molecule has 110 valence electrons. The Balaban J connectivity index is 1.89. The molecule has 0 bridgehead atoms. The molecule has 0 aromatic heterocycles. The Labute approximate surface area is 127 Å². The molecule has 0 spiro atoms. The first-order valence-corrected chi connectivity index (χ1v) is 7.30. The summed E-state index contributed by atoms with van der Waals surface area (Å²) in [5.41, 5.74) is 3.81. The van der Waals surface area contributed by atoms with Gasteiger partial charge in [-0.15, -0.1) is 0 Å². The summed E-state index contributed by atoms with van der Waals surface area (Å²) in [6.45, 7) is 5.13. The molecule has 0 radical (unpaired) electrons. The molecular weight excluding hydrogens is 258 g/mol. The smallest absolute Gasteiger partial charge is 0.119 e. The highest BCUT2D eigenvalue weighted by Gasteiger charge is 2.04. The fourth-order valence-electron chi connectivity index (χ4n) is 2.23. The SMILES string of the molecule is COc1cccc(C(C)NCC=Cc2ccccc2C)c1. The predicted molar refractivity (Wildman–Crippen MR) is 89.6 cm³/mol. The molecule has 0 aliphatic carbocycles. The molecule has 2 rings (SSSR count). The van der Waals surface area contributed by atoms with Gasteiger partial charge in [0.1, 0.15) is 5.75 Å². The Bertz CT molecular complexity index is 604. The van der Waals surface area contributed by atoms with Gasteiger partial charge in [0.2, 0.25) is 0 Å². The van der Waals surface area contributed by atoms with E-state index in [0.717, 1.165) is 12.3 Å². The van der Waals surface area contributed by atoms with E-state index in [4.69, 9.17) is 4.74 Å². The Morgan fingerprint density at radius 2 is 1.95 bits per heavy atom. The van der Waals surface area contributed by atoms with E-state index in [1.807, 2.05) is 12.1 Å². The second-order valence-electron chi connectivity index (χ2n) is 5.17. The third-order valence-electron chi connectivity index (χ3n) is 3.62. The maximum Gasteiger partial charge on any atom is 0.119 e. The van der Waals surface area contributed by atoms with Gasteiger partial charge in [-0.05, 0) is 42.7 Å². The van der Waals surface area contributed by atoms with Crippen molar-refractivity contribution in [2.24, 2.45) is 0 Å². The third kappa shape index (κ3) is 4.47. The number of hydrogen-bond donors (Lipinski definition) is 1. The van der Waals surface area contributed by atoms with Crippen LogP contribution in [0.4, 0.5) is 0 Å². The lowest BCUT2D eigenvalue weighted by Crippen LogP contribution is -2.18. The Hall–Kier alpha value is -2.06. The minimum Gasteiger partial charge on any atom is -0.497 e. The van der Waals surface area contributed by atoms with Crippen LogP contribution in [0, 0.1) is 6.92 Å². The van der Waals surface area contributed by atoms with Crippen molar-refractivity contribution < 1.29 is 4.74 Å². The zero-order chi connectivity index (χ0) is 15.1. The summed E-state index contributed by atoms with van der Waals surface area (Å²) in [6, 6.07) is 16.9. The predicted octanol–water partition coefficient (Wildman–Crippen LogP) is 4.37. The topological polar surface area (TPSA) is 21.3 Å². The van der Waals surface area contributed by atoms with E-state index in [-0.39, 0.29) is 0 Å². The van der Waals surface area contributed by atoms with Crippen LogP contribution in [-0.2, 0) is 0 Å². The van der Waals surface area contributed by atoms with Crippen LogP contribution in [0.2, 0.25) is 0 Å². The summed E-state index contributed by atoms with van der Waals surface area (Å²) in [6.07, 6.45) is 4.33. The molecule has 0 heterocycles. The van der Waals surface area contributed by atoms with E-state index in [1.165, 1.54) is 16.7 Å². The average molecular weight is 281 g/mol. The van der Waals surface area contributed by atoms with E-state index in [1.54, 1.807) is 7.11 Å². The quantitative estimate of drug-likeness (QED) is 0.849. The largest absolute Gasteiger partial charge is 0.497 e. The van der Waals surface area contributed by atoms with Gasteiger partial charge < -0.3 is 10.1 Å². The van der Waals surface area contributed by atoms with Crippen LogP contribution in [0.5, 0.6) is 5.75 Å². The standard InChI is InChI=1S/C19H23NO/c1-15-8-4-5-9-17(15)11-7-13-20-16(2)18-10-6-12-19(14-18)21-3/h4-12,14,16,20H,13H2,1-3H3. The highest BCUT2D eigenvalue weighted by molar-refractivity contribution is 5.53. The molecule has 1 unspecified atom stereocenters. The second kappa shape index (κ2) is 7.65. The average Bonchev–Trinajstić information content (AvgIpc) is 2.53. The maximum absolute atomic E-state index is 5.26. The highest BCUT2D eigenvalue weighted by Crippen LogP contribution is 2.18. The number of methoxy groups -OCH3 is 1. The molecule has 21 heavy (non-hydrogen) atoms. The molecule has 0 aliphatic rings. The number of nitrogens with one attached hydrogen (secondary N) is 1. The summed E-state index contributed by atoms with van der Waals surface area (Å²) in [7, 11) is 1.70. The number of rotatable bonds is 6. The Morgan fingerprint density at radius 1 is 1.14 bits per heavy atom. The zero-order valence-electron chi connectivity index (χ0n) is 13.0. The van der Waals surface area contributed by atoms with Crippen molar-refractivity contribution in [3.63, 3.8) is 0 Å². The van der Waals surface area contributed by atoms with E-state index in [2.05, 4.69) is 67.7 Å². The molecule has 2 nitrogen and oxygen atoms in total. The minimum atomic E-state index is 0.293. The Morgan fingerprint density at radius 3 is 2.71 bits per heavy atom. The van der Waals surface area contributed by atoms with Crippen LogP contribution in [-0.4, -0.2) is 13.7 Å². The zero-order valence-corrected chi connectivity index (χ0v) is 13.0. The second-order valence-corrected chi connectivity index (χ2v) is 5.17. The molecule has 2 aromatic rings. The highest BCUT2D eigenvalue weighted by atomic mass is 16.5. The lowest BCUT2D eigenvalue weighted by atomic mass is 10.1. The molecule has 2 aromatic carbocycles. The van der Waals surface area contributed by atoms with Crippen LogP contribution >= 0.6 is 0 Å². The summed E-state index contributed by atoms with van der Waals surface area (Å²) in [4.78, 5) is 0. The molecular formula is C19H23NO. The number of ether oxygens (including phenoxy) is 1. The van der Waals surface area contributed by atoms with Crippen LogP contribution in [0.15, 0.2) is 54.6 Å². The molecule has 0 saturated heterocycles. The molecule has 0 aliphatic heterocycles. The fourth-order valence-corrected chi connectivity index (χ4v) is 2.23. The van der Waals surface area contributed by atoms with Crippen molar-refractivity contribution in [2.75, 3.05) is 13.7 Å². The summed E-state index contributed by atoms with van der Waals surface area (Å²) >= 11 is 0. The molecule has 1 N–H and O–H groups in total. The minimum absolute atomic E-state index is 0.293. The number of aryl methyl sites for hydroxylation is 1. The van der Waals surface area contributed by atoms with Gasteiger partial charge in [-0.1, -0.05) is 48.6 Å². The van der Waals surface area contributed by atoms with Crippen LogP contribution in [0.25, 0.3) is 6.08 Å². The van der Waals surface area contributed by atoms with Gasteiger partial charge in [-0.25, -0.2) is 0 Å². The van der Waals surface area contributed by atoms with Crippen molar-refractivity contribution in [3.05, 3.63) is 71.3 Å². The molecule has 0 fully saturated rings. The summed E-state index contributed by atoms with van der Waals surface area (Å²) in [5, 5.41) is 3.50. The summed E-state index contributed by atoms with van der Waals surface area (Å²) in [5.74, 6) is 0.900. The van der Waals surface area contributed by atoms with E-state index < -0.39 is 0 Å². The third-order valence-corrected chi connectivity index (χ3v) is 3.62. The lowest BCUT2D eigenvalue weighted by molar-refractivity contribution is 0.413. The van der Waals surface area contributed by atoms with Crippen molar-refractivity contribution in [3.8, 4) is 5.75 Å². The van der Waals surface area contributed by atoms with E-state index >= 15 is 0 Å². The van der Waals surface area contributed by atoms with Crippen LogP contribution < -0.4 is 10.1 Å². The van der Waals surface area contributed by atoms with Gasteiger partial charge in [0.25, 0.3) is 0 Å². The first-order valence-electron chi connectivity index (χ1n) is 7.30. The normalized spacial score (nSPS) is 12.5. The van der Waals surface area contributed by atoms with Crippen molar-refractivity contribution in [1.82, 2.24) is 5.32 Å². The first kappa shape index (κ1) is 15.3. The maximum atomic E-state index is 5.26. The summed E-state index contributed by atoms with van der Waals surface area (Å²) < 4.78 is 5.26. The first-order chi connectivity index (χ1) is 10.2. The van der Waals surface area contributed by atoms with Gasteiger partial charge in [0.05, 0.1) is 7.11 Å². The van der Waals surface area contributed by atoms with Gasteiger partial charge >= 0.3 is 0 Å². The number of hydrogen-bond acceptors (Lipinski definition) is 2. The molecule has 2 heteroatoms. The van der Waals surface area contributed by atoms with Crippen molar-refractivity contribution >= 4 is 6.08 Å². The monoisotopic (exact) mass is 281 g/mol. The van der Waals surface area contributed by atoms with Crippen LogP contribution in [0.3, 0.4) is 0 Å². The molecule has 1 atom stereocenters. The van der Waals surface area contributed by atoms with Gasteiger partial charge in [0, 0.05) is 12.6 Å². The Kier molecular flexibility index (Phi) is 5.59. The lowest BCUT2D eigenvalue weighted by Gasteiger charge is -2.13. The van der Waals surface area contributed by atoms with Gasteiger partial charge in [-0.2, -0.15) is 0 Å². The van der Waals surface area contributed by atoms with Gasteiger partial charge in [-0.3, -0.25) is 0 Å². The van der Waals surface area contributed by atoms with Crippen molar-refractivity contribution in [1.29, 1.82) is 0 Å². The van der Waals surface area contributed by atoms with Gasteiger partial charge in [0.15, 0.2) is 0 Å². The van der Waals surface area contributed by atoms with Crippen molar-refractivity contribution in [2.45, 2.75) is 19.9 Å².